The zero-order valence-corrected chi connectivity index (χ0v) is 9.31. The Hall–Kier alpha value is -0.850. The zero-order valence-electron chi connectivity index (χ0n) is 9.31. The third-order valence-corrected chi connectivity index (χ3v) is 2.74. The lowest BCUT2D eigenvalue weighted by Crippen LogP contribution is -1.93. The molecule has 0 heterocycles. The van der Waals surface area contributed by atoms with Crippen molar-refractivity contribution in [1.29, 1.82) is 0 Å². The van der Waals surface area contributed by atoms with E-state index in [0.29, 0.717) is 5.78 Å². The number of ketones is 1. The van der Waals surface area contributed by atoms with Crippen LogP contribution in [0.1, 0.15) is 52.4 Å². The van der Waals surface area contributed by atoms with E-state index in [1.165, 1.54) is 18.4 Å². The van der Waals surface area contributed by atoms with Gasteiger partial charge in [-0.15, -0.1) is 0 Å². The van der Waals surface area contributed by atoms with Gasteiger partial charge in [0, 0.05) is 6.42 Å². The number of hydrogen-bond acceptors (Lipinski definition) is 1. The highest BCUT2D eigenvalue weighted by Crippen LogP contribution is 2.24. The molecule has 0 atom stereocenters. The molecule has 14 heavy (non-hydrogen) atoms. The van der Waals surface area contributed by atoms with E-state index in [4.69, 9.17) is 0 Å². The van der Waals surface area contributed by atoms with E-state index in [1.54, 1.807) is 0 Å². The Morgan fingerprint density at radius 3 is 2.79 bits per heavy atom. The lowest BCUT2D eigenvalue weighted by Gasteiger charge is -1.98. The molecular weight excluding hydrogens is 172 g/mol. The second-order valence-electron chi connectivity index (χ2n) is 3.98. The average Bonchev–Trinajstić information content (AvgIpc) is 2.59. The number of allylic oxidation sites excluding steroid dienone is 4. The summed E-state index contributed by atoms with van der Waals surface area (Å²) in [5, 5.41) is 0. The van der Waals surface area contributed by atoms with Crippen LogP contribution in [-0.4, -0.2) is 5.78 Å². The molecule has 0 aromatic rings. The van der Waals surface area contributed by atoms with Crippen molar-refractivity contribution < 1.29 is 4.79 Å². The van der Waals surface area contributed by atoms with Crippen LogP contribution < -0.4 is 0 Å². The van der Waals surface area contributed by atoms with Crippen molar-refractivity contribution in [3.05, 3.63) is 23.3 Å². The third kappa shape index (κ3) is 3.13. The Labute approximate surface area is 86.9 Å². The van der Waals surface area contributed by atoms with Gasteiger partial charge in [-0.1, -0.05) is 31.9 Å². The van der Waals surface area contributed by atoms with Crippen LogP contribution in [0, 0.1) is 0 Å². The van der Waals surface area contributed by atoms with Crippen molar-refractivity contribution in [3.8, 4) is 0 Å². The molecule has 0 saturated heterocycles. The number of carbonyl (C=O) groups excluding carboxylic acids is 1. The normalized spacial score (nSPS) is 20.9. The minimum Gasteiger partial charge on any atom is -0.295 e. The summed E-state index contributed by atoms with van der Waals surface area (Å²) in [6.07, 6.45) is 10.7. The molecule has 78 valence electrons. The molecule has 1 aliphatic rings. The first-order valence-corrected chi connectivity index (χ1v) is 5.65. The van der Waals surface area contributed by atoms with E-state index < -0.39 is 0 Å². The highest BCUT2D eigenvalue weighted by atomic mass is 16.1. The molecular formula is C13H20O. The van der Waals surface area contributed by atoms with Gasteiger partial charge in [-0.3, -0.25) is 4.79 Å². The number of unbranched alkanes of at least 4 members (excludes halogenated alkanes) is 2. The van der Waals surface area contributed by atoms with Gasteiger partial charge in [0.25, 0.3) is 0 Å². The fourth-order valence-corrected chi connectivity index (χ4v) is 1.82. The van der Waals surface area contributed by atoms with Crippen molar-refractivity contribution in [2.24, 2.45) is 0 Å². The summed E-state index contributed by atoms with van der Waals surface area (Å²) in [6, 6.07) is 0. The van der Waals surface area contributed by atoms with Crippen LogP contribution in [0.4, 0.5) is 0 Å². The first-order chi connectivity index (χ1) is 6.75. The van der Waals surface area contributed by atoms with Gasteiger partial charge in [0.1, 0.15) is 0 Å². The van der Waals surface area contributed by atoms with Crippen LogP contribution in [0.5, 0.6) is 0 Å². The predicted octanol–water partition coefficient (Wildman–Crippen LogP) is 3.80. The van der Waals surface area contributed by atoms with Crippen molar-refractivity contribution >= 4 is 5.78 Å². The molecule has 1 nitrogen and oxygen atoms in total. The van der Waals surface area contributed by atoms with Gasteiger partial charge in [0.05, 0.1) is 0 Å². The van der Waals surface area contributed by atoms with Crippen LogP contribution in [0.3, 0.4) is 0 Å². The molecule has 1 heteroatoms. The summed E-state index contributed by atoms with van der Waals surface area (Å²) in [5.74, 6) is 0.364. The Morgan fingerprint density at radius 1 is 1.43 bits per heavy atom. The number of Topliss-reactive ketones (excluding diaryl/α,β-unsaturated/α-hetero) is 1. The molecule has 1 aliphatic carbocycles. The van der Waals surface area contributed by atoms with Gasteiger partial charge in [-0.2, -0.15) is 0 Å². The summed E-state index contributed by atoms with van der Waals surface area (Å²) in [5.41, 5.74) is 2.25. The maximum Gasteiger partial charge on any atom is 0.159 e. The molecule has 0 amide bonds. The van der Waals surface area contributed by atoms with Gasteiger partial charge in [0.15, 0.2) is 5.78 Å². The smallest absolute Gasteiger partial charge is 0.159 e. The lowest BCUT2D eigenvalue weighted by molar-refractivity contribution is -0.114. The Morgan fingerprint density at radius 2 is 2.21 bits per heavy atom. The molecule has 0 unspecified atom stereocenters. The third-order valence-electron chi connectivity index (χ3n) is 2.74. The molecule has 0 bridgehead atoms. The maximum atomic E-state index is 11.4. The predicted molar refractivity (Wildman–Crippen MR) is 60.2 cm³/mol. The SMILES string of the molecule is CCCC/C=C/C(C)=C1/CCCC1=O. The molecule has 1 fully saturated rings. The fraction of sp³-hybridized carbons (Fsp3) is 0.615. The van der Waals surface area contributed by atoms with Crippen molar-refractivity contribution in [1.82, 2.24) is 0 Å². The number of hydrogen-bond donors (Lipinski definition) is 0. The molecule has 1 saturated carbocycles. The van der Waals surface area contributed by atoms with Gasteiger partial charge in [0.2, 0.25) is 0 Å². The Balaban J connectivity index is 2.50. The minimum atomic E-state index is 0.364. The van der Waals surface area contributed by atoms with Crippen LogP contribution in [0.25, 0.3) is 0 Å². The zero-order chi connectivity index (χ0) is 10.4. The second kappa shape index (κ2) is 5.79. The van der Waals surface area contributed by atoms with E-state index in [2.05, 4.69) is 26.0 Å². The maximum absolute atomic E-state index is 11.4. The lowest BCUT2D eigenvalue weighted by atomic mass is 10.1. The topological polar surface area (TPSA) is 17.1 Å². The largest absolute Gasteiger partial charge is 0.295 e. The molecule has 0 aliphatic heterocycles. The molecule has 0 radical (unpaired) electrons. The molecule has 0 N–H and O–H groups in total. The number of carbonyl (C=O) groups is 1. The molecule has 0 aromatic heterocycles. The average molecular weight is 192 g/mol. The fourth-order valence-electron chi connectivity index (χ4n) is 1.82. The van der Waals surface area contributed by atoms with E-state index in [1.807, 2.05) is 0 Å². The highest BCUT2D eigenvalue weighted by Gasteiger charge is 2.17. The highest BCUT2D eigenvalue weighted by molar-refractivity contribution is 5.98. The van der Waals surface area contributed by atoms with Crippen molar-refractivity contribution in [2.45, 2.75) is 52.4 Å². The second-order valence-corrected chi connectivity index (χ2v) is 3.98. The van der Waals surface area contributed by atoms with Crippen LogP contribution >= 0.6 is 0 Å². The summed E-state index contributed by atoms with van der Waals surface area (Å²) in [7, 11) is 0. The van der Waals surface area contributed by atoms with E-state index in [0.717, 1.165) is 31.3 Å². The quantitative estimate of drug-likeness (QED) is 0.489. The van der Waals surface area contributed by atoms with Gasteiger partial charge in [-0.05, 0) is 37.3 Å². The monoisotopic (exact) mass is 192 g/mol. The van der Waals surface area contributed by atoms with E-state index in [-0.39, 0.29) is 0 Å². The van der Waals surface area contributed by atoms with Gasteiger partial charge >= 0.3 is 0 Å². The van der Waals surface area contributed by atoms with E-state index in [9.17, 15) is 4.79 Å². The van der Waals surface area contributed by atoms with Gasteiger partial charge < -0.3 is 0 Å². The van der Waals surface area contributed by atoms with Crippen LogP contribution in [-0.2, 0) is 4.79 Å². The van der Waals surface area contributed by atoms with Gasteiger partial charge in [-0.25, -0.2) is 0 Å². The Bertz CT molecular complexity index is 258. The standard InChI is InChI=1S/C13H20O/c1-3-4-5-6-8-11(2)12-9-7-10-13(12)14/h6,8H,3-5,7,9-10H2,1-2H3/b8-6+,12-11-. The minimum absolute atomic E-state index is 0.364. The molecule has 0 aromatic carbocycles. The van der Waals surface area contributed by atoms with E-state index >= 15 is 0 Å². The van der Waals surface area contributed by atoms with Crippen LogP contribution in [0.2, 0.25) is 0 Å². The number of rotatable bonds is 4. The molecule has 1 rings (SSSR count). The van der Waals surface area contributed by atoms with Crippen molar-refractivity contribution in [2.75, 3.05) is 0 Å². The van der Waals surface area contributed by atoms with Crippen molar-refractivity contribution in [3.63, 3.8) is 0 Å². The molecule has 0 spiro atoms. The first kappa shape index (κ1) is 11.2. The summed E-state index contributed by atoms with van der Waals surface area (Å²) < 4.78 is 0. The summed E-state index contributed by atoms with van der Waals surface area (Å²) in [4.78, 5) is 11.4. The Kier molecular flexibility index (Phi) is 4.64. The first-order valence-electron chi connectivity index (χ1n) is 5.65. The summed E-state index contributed by atoms with van der Waals surface area (Å²) in [6.45, 7) is 4.25. The van der Waals surface area contributed by atoms with Crippen LogP contribution in [0.15, 0.2) is 23.3 Å². The summed E-state index contributed by atoms with van der Waals surface area (Å²) >= 11 is 0.